The van der Waals surface area contributed by atoms with Gasteiger partial charge in [0.15, 0.2) is 0 Å². The Balaban J connectivity index is 2.45. The van der Waals surface area contributed by atoms with Crippen LogP contribution in [-0.4, -0.2) is 39.6 Å². The number of rotatable bonds is 1. The van der Waals surface area contributed by atoms with Crippen molar-refractivity contribution in [1.82, 2.24) is 4.90 Å². The van der Waals surface area contributed by atoms with Crippen molar-refractivity contribution in [3.63, 3.8) is 0 Å². The molecule has 2 rings (SSSR count). The second kappa shape index (κ2) is 5.80. The summed E-state index contributed by atoms with van der Waals surface area (Å²) in [6.45, 7) is 6.98. The molecule has 0 unspecified atom stereocenters. The molecule has 1 aliphatic rings. The van der Waals surface area contributed by atoms with Gasteiger partial charge in [-0.2, -0.15) is 5.26 Å². The van der Waals surface area contributed by atoms with Gasteiger partial charge in [-0.25, -0.2) is 4.79 Å². The molecular formula is C16H20N4O3. The fourth-order valence-corrected chi connectivity index (χ4v) is 2.76. The molecule has 0 aromatic heterocycles. The van der Waals surface area contributed by atoms with Gasteiger partial charge in [-0.3, -0.25) is 9.69 Å². The molecule has 1 aliphatic heterocycles. The Kier molecular flexibility index (Phi) is 4.19. The molecule has 2 amide bonds. The van der Waals surface area contributed by atoms with Gasteiger partial charge < -0.3 is 15.7 Å². The van der Waals surface area contributed by atoms with E-state index in [9.17, 15) is 14.7 Å². The number of benzene rings is 1. The first-order valence-electron chi connectivity index (χ1n) is 7.29. The fourth-order valence-electron chi connectivity index (χ4n) is 2.76. The maximum absolute atomic E-state index is 12.6. The van der Waals surface area contributed by atoms with Gasteiger partial charge in [0.2, 0.25) is 5.91 Å². The summed E-state index contributed by atoms with van der Waals surface area (Å²) >= 11 is 0. The highest BCUT2D eigenvalue weighted by Crippen LogP contribution is 2.30. The van der Waals surface area contributed by atoms with Crippen LogP contribution in [0.2, 0.25) is 0 Å². The van der Waals surface area contributed by atoms with E-state index in [-0.39, 0.29) is 0 Å². The zero-order valence-electron chi connectivity index (χ0n) is 13.5. The molecule has 122 valence electrons. The minimum absolute atomic E-state index is 0.397. The Hall–Kier alpha value is -2.75. The third-order valence-corrected chi connectivity index (χ3v) is 3.74. The number of hydrogen-bond acceptors (Lipinski definition) is 4. The molecule has 3 N–H and O–H groups in total. The lowest BCUT2D eigenvalue weighted by atomic mass is 9.99. The van der Waals surface area contributed by atoms with Crippen LogP contribution >= 0.6 is 0 Å². The molecule has 23 heavy (non-hydrogen) atoms. The second-order valence-corrected chi connectivity index (χ2v) is 6.56. The van der Waals surface area contributed by atoms with Gasteiger partial charge in [0.25, 0.3) is 0 Å². The number of anilines is 2. The van der Waals surface area contributed by atoms with Crippen LogP contribution in [0.15, 0.2) is 18.2 Å². The molecule has 0 fully saturated rings. The van der Waals surface area contributed by atoms with Crippen LogP contribution < -0.4 is 10.6 Å². The third-order valence-electron chi connectivity index (χ3n) is 3.74. The van der Waals surface area contributed by atoms with E-state index in [1.165, 1.54) is 0 Å². The molecule has 1 aromatic rings. The van der Waals surface area contributed by atoms with Crippen LogP contribution in [0.25, 0.3) is 0 Å². The summed E-state index contributed by atoms with van der Waals surface area (Å²) in [5.74, 6) is -0.397. The smallest absolute Gasteiger partial charge is 0.408 e. The SMILES string of the molecule is C[C@@H]1Nc2cc(C#N)ccc2NC(=O)[C@H]1N(C(=O)O)C(C)(C)C. The molecule has 1 aromatic carbocycles. The monoisotopic (exact) mass is 316 g/mol. The van der Waals surface area contributed by atoms with Gasteiger partial charge >= 0.3 is 6.09 Å². The minimum Gasteiger partial charge on any atom is -0.465 e. The number of nitrogens with zero attached hydrogens (tertiary/aromatic N) is 2. The highest BCUT2D eigenvalue weighted by molar-refractivity contribution is 6.01. The summed E-state index contributed by atoms with van der Waals surface area (Å²) in [6.07, 6.45) is -1.16. The fraction of sp³-hybridized carbons (Fsp3) is 0.438. The topological polar surface area (TPSA) is 105 Å². The number of amides is 2. The maximum Gasteiger partial charge on any atom is 0.408 e. The maximum atomic E-state index is 12.6. The van der Waals surface area contributed by atoms with E-state index in [2.05, 4.69) is 10.6 Å². The second-order valence-electron chi connectivity index (χ2n) is 6.56. The number of carboxylic acid groups (broad SMARTS) is 1. The molecule has 0 spiro atoms. The summed E-state index contributed by atoms with van der Waals surface area (Å²) in [6, 6.07) is 5.56. The Bertz CT molecular complexity index is 688. The third kappa shape index (κ3) is 3.21. The number of hydrogen-bond donors (Lipinski definition) is 3. The largest absolute Gasteiger partial charge is 0.465 e. The van der Waals surface area contributed by atoms with Crippen molar-refractivity contribution < 1.29 is 14.7 Å². The van der Waals surface area contributed by atoms with Crippen molar-refractivity contribution in [3.05, 3.63) is 23.8 Å². The van der Waals surface area contributed by atoms with Crippen molar-refractivity contribution >= 4 is 23.4 Å². The Morgan fingerprint density at radius 1 is 1.35 bits per heavy atom. The van der Waals surface area contributed by atoms with Gasteiger partial charge in [-0.15, -0.1) is 0 Å². The highest BCUT2D eigenvalue weighted by Gasteiger charge is 2.42. The Morgan fingerprint density at radius 2 is 2.00 bits per heavy atom. The summed E-state index contributed by atoms with van der Waals surface area (Å²) in [7, 11) is 0. The molecule has 7 heteroatoms. The van der Waals surface area contributed by atoms with Crippen molar-refractivity contribution in [3.8, 4) is 6.07 Å². The lowest BCUT2D eigenvalue weighted by molar-refractivity contribution is -0.122. The Labute approximate surface area is 134 Å². The van der Waals surface area contributed by atoms with Crippen LogP contribution in [0.3, 0.4) is 0 Å². The van der Waals surface area contributed by atoms with Crippen molar-refractivity contribution in [2.24, 2.45) is 0 Å². The van der Waals surface area contributed by atoms with Crippen molar-refractivity contribution in [1.29, 1.82) is 5.26 Å². The van der Waals surface area contributed by atoms with Crippen LogP contribution in [-0.2, 0) is 4.79 Å². The van der Waals surface area contributed by atoms with Crippen molar-refractivity contribution in [2.45, 2.75) is 45.3 Å². The van der Waals surface area contributed by atoms with Gasteiger partial charge in [0, 0.05) is 5.54 Å². The van der Waals surface area contributed by atoms with Crippen molar-refractivity contribution in [2.75, 3.05) is 10.6 Å². The molecule has 0 saturated heterocycles. The van der Waals surface area contributed by atoms with E-state index < -0.39 is 29.6 Å². The van der Waals surface area contributed by atoms with Crippen LogP contribution in [0.1, 0.15) is 33.3 Å². The first kappa shape index (κ1) is 16.6. The summed E-state index contributed by atoms with van der Waals surface area (Å²) < 4.78 is 0. The summed E-state index contributed by atoms with van der Waals surface area (Å²) in [5, 5.41) is 24.5. The molecule has 0 radical (unpaired) electrons. The number of nitrogens with one attached hydrogen (secondary N) is 2. The average Bonchev–Trinajstić information content (AvgIpc) is 2.54. The van der Waals surface area contributed by atoms with Gasteiger partial charge in [0.05, 0.1) is 29.0 Å². The number of carbonyl (C=O) groups excluding carboxylic acids is 1. The number of fused-ring (bicyclic) bond motifs is 1. The van der Waals surface area contributed by atoms with Gasteiger partial charge in [0.1, 0.15) is 6.04 Å². The summed E-state index contributed by atoms with van der Waals surface area (Å²) in [4.78, 5) is 25.5. The molecule has 0 bridgehead atoms. The predicted molar refractivity (Wildman–Crippen MR) is 86.3 cm³/mol. The number of carbonyl (C=O) groups is 2. The summed E-state index contributed by atoms with van der Waals surface area (Å²) in [5.41, 5.74) is 0.856. The lowest BCUT2D eigenvalue weighted by Gasteiger charge is -2.40. The molecule has 0 saturated carbocycles. The zero-order valence-corrected chi connectivity index (χ0v) is 13.5. The lowest BCUT2D eigenvalue weighted by Crippen LogP contribution is -2.60. The van der Waals surface area contributed by atoms with Crippen LogP contribution in [0, 0.1) is 11.3 Å². The zero-order chi connectivity index (χ0) is 17.4. The molecule has 7 nitrogen and oxygen atoms in total. The standard InChI is InChI=1S/C16H20N4O3/c1-9-13(20(15(22)23)16(2,3)4)14(21)19-11-6-5-10(8-17)7-12(11)18-9/h5-7,9,13,18H,1-4H3,(H,19,21)(H,22,23)/t9-,13-/m0/s1. The minimum atomic E-state index is -1.16. The van der Waals surface area contributed by atoms with Gasteiger partial charge in [-0.1, -0.05) is 0 Å². The normalized spacial score (nSPS) is 20.4. The Morgan fingerprint density at radius 3 is 2.52 bits per heavy atom. The molecular weight excluding hydrogens is 296 g/mol. The van der Waals surface area contributed by atoms with E-state index >= 15 is 0 Å². The van der Waals surface area contributed by atoms with Crippen LogP contribution in [0.5, 0.6) is 0 Å². The van der Waals surface area contributed by atoms with Crippen LogP contribution in [0.4, 0.5) is 16.2 Å². The molecule has 0 aliphatic carbocycles. The quantitative estimate of drug-likeness (QED) is 0.738. The van der Waals surface area contributed by atoms with E-state index in [1.807, 2.05) is 6.07 Å². The predicted octanol–water partition coefficient (Wildman–Crippen LogP) is 2.46. The number of nitriles is 1. The first-order chi connectivity index (χ1) is 10.6. The van der Waals surface area contributed by atoms with E-state index in [1.54, 1.807) is 45.9 Å². The highest BCUT2D eigenvalue weighted by atomic mass is 16.4. The molecule has 1 heterocycles. The van der Waals surface area contributed by atoms with E-state index in [0.717, 1.165) is 4.90 Å². The van der Waals surface area contributed by atoms with Gasteiger partial charge in [-0.05, 0) is 45.9 Å². The van der Waals surface area contributed by atoms with E-state index in [0.29, 0.717) is 16.9 Å². The molecule has 2 atom stereocenters. The average molecular weight is 316 g/mol. The van der Waals surface area contributed by atoms with E-state index in [4.69, 9.17) is 5.26 Å². The first-order valence-corrected chi connectivity index (χ1v) is 7.29.